The van der Waals surface area contributed by atoms with Crippen molar-refractivity contribution in [1.29, 1.82) is 0 Å². The molecule has 0 fully saturated rings. The van der Waals surface area contributed by atoms with Gasteiger partial charge in [-0.15, -0.1) is 11.6 Å². The monoisotopic (exact) mass is 261 g/mol. The zero-order valence-electron chi connectivity index (χ0n) is 7.51. The van der Waals surface area contributed by atoms with Crippen LogP contribution in [0, 0.1) is 0 Å². The summed E-state index contributed by atoms with van der Waals surface area (Å²) in [5.41, 5.74) is 1.34. The van der Waals surface area contributed by atoms with Gasteiger partial charge in [-0.2, -0.15) is 0 Å². The summed E-state index contributed by atoms with van der Waals surface area (Å²) >= 11 is 17.5. The first-order valence-electron chi connectivity index (χ1n) is 4.16. The number of halogens is 3. The van der Waals surface area contributed by atoms with E-state index in [4.69, 9.17) is 39.2 Å². The van der Waals surface area contributed by atoms with Gasteiger partial charge in [0.1, 0.15) is 6.26 Å². The largest absolute Gasteiger partial charge is 0.444 e. The Bertz CT molecular complexity index is 481. The van der Waals surface area contributed by atoms with Crippen molar-refractivity contribution < 1.29 is 4.42 Å². The van der Waals surface area contributed by atoms with Crippen LogP contribution >= 0.6 is 34.8 Å². The third-order valence-electron chi connectivity index (χ3n) is 1.85. The Morgan fingerprint density at radius 2 is 2.07 bits per heavy atom. The molecule has 0 aliphatic heterocycles. The lowest BCUT2D eigenvalue weighted by atomic mass is 10.2. The Morgan fingerprint density at radius 3 is 2.73 bits per heavy atom. The van der Waals surface area contributed by atoms with Gasteiger partial charge in [0, 0.05) is 5.02 Å². The van der Waals surface area contributed by atoms with E-state index >= 15 is 0 Å². The van der Waals surface area contributed by atoms with Gasteiger partial charge in [0.25, 0.3) is 0 Å². The van der Waals surface area contributed by atoms with E-state index in [1.54, 1.807) is 18.2 Å². The number of hydrogen-bond donors (Lipinski definition) is 0. The summed E-state index contributed by atoms with van der Waals surface area (Å²) < 4.78 is 5.24. The van der Waals surface area contributed by atoms with Gasteiger partial charge in [-0.25, -0.2) is 4.98 Å². The second-order valence-electron chi connectivity index (χ2n) is 2.90. The summed E-state index contributed by atoms with van der Waals surface area (Å²) in [5, 5.41) is 1.13. The van der Waals surface area contributed by atoms with Crippen molar-refractivity contribution in [3.8, 4) is 11.5 Å². The molecule has 0 aliphatic carbocycles. The van der Waals surface area contributed by atoms with Gasteiger partial charge in [-0.1, -0.05) is 23.2 Å². The first-order valence-corrected chi connectivity index (χ1v) is 5.45. The van der Waals surface area contributed by atoms with Crippen molar-refractivity contribution >= 4 is 34.8 Å². The quantitative estimate of drug-likeness (QED) is 0.750. The van der Waals surface area contributed by atoms with E-state index < -0.39 is 0 Å². The lowest BCUT2D eigenvalue weighted by Crippen LogP contribution is -1.81. The number of aromatic nitrogens is 1. The summed E-state index contributed by atoms with van der Waals surface area (Å²) in [7, 11) is 0. The van der Waals surface area contributed by atoms with Crippen molar-refractivity contribution in [2.24, 2.45) is 0 Å². The fourth-order valence-corrected chi connectivity index (χ4v) is 1.65. The molecule has 2 nitrogen and oxygen atoms in total. The third kappa shape index (κ3) is 2.28. The molecular weight excluding hydrogens is 256 g/mol. The van der Waals surface area contributed by atoms with Gasteiger partial charge in [0.05, 0.1) is 22.2 Å². The minimum absolute atomic E-state index is 0.307. The van der Waals surface area contributed by atoms with Crippen LogP contribution in [0.5, 0.6) is 0 Å². The molecule has 1 heterocycles. The van der Waals surface area contributed by atoms with Crippen molar-refractivity contribution in [1.82, 2.24) is 4.98 Å². The van der Waals surface area contributed by atoms with Crippen LogP contribution in [0.15, 0.2) is 28.9 Å². The van der Waals surface area contributed by atoms with Crippen molar-refractivity contribution in [3.05, 3.63) is 40.2 Å². The second kappa shape index (κ2) is 4.44. The van der Waals surface area contributed by atoms with Crippen LogP contribution < -0.4 is 0 Å². The lowest BCUT2D eigenvalue weighted by molar-refractivity contribution is 0.573. The van der Waals surface area contributed by atoms with E-state index in [2.05, 4.69) is 4.98 Å². The Balaban J connectivity index is 2.48. The van der Waals surface area contributed by atoms with E-state index in [-0.39, 0.29) is 0 Å². The van der Waals surface area contributed by atoms with Crippen LogP contribution in [0.1, 0.15) is 5.69 Å². The van der Waals surface area contributed by atoms with E-state index in [9.17, 15) is 0 Å². The zero-order valence-corrected chi connectivity index (χ0v) is 9.77. The molecular formula is C10H6Cl3NO. The van der Waals surface area contributed by atoms with Crippen LogP contribution in [0.3, 0.4) is 0 Å². The molecule has 0 unspecified atom stereocenters. The molecule has 5 heteroatoms. The van der Waals surface area contributed by atoms with Crippen LogP contribution in [-0.2, 0) is 5.88 Å². The molecule has 0 aliphatic rings. The van der Waals surface area contributed by atoms with Crippen molar-refractivity contribution in [2.45, 2.75) is 5.88 Å². The van der Waals surface area contributed by atoms with E-state index in [0.29, 0.717) is 33.1 Å². The molecule has 0 bridgehead atoms. The SMILES string of the molecule is ClCc1coc(-c2cc(Cl)ccc2Cl)n1. The van der Waals surface area contributed by atoms with Crippen molar-refractivity contribution in [3.63, 3.8) is 0 Å². The average Bonchev–Trinajstić information content (AvgIpc) is 2.70. The average molecular weight is 263 g/mol. The van der Waals surface area contributed by atoms with Crippen LogP contribution in [0.25, 0.3) is 11.5 Å². The fourth-order valence-electron chi connectivity index (χ4n) is 1.15. The smallest absolute Gasteiger partial charge is 0.227 e. The highest BCUT2D eigenvalue weighted by molar-refractivity contribution is 6.35. The summed E-state index contributed by atoms with van der Waals surface area (Å²) in [6, 6.07) is 5.11. The van der Waals surface area contributed by atoms with E-state index in [1.807, 2.05) is 0 Å². The van der Waals surface area contributed by atoms with Gasteiger partial charge in [0.2, 0.25) is 5.89 Å². The molecule has 78 valence electrons. The number of oxazole rings is 1. The van der Waals surface area contributed by atoms with Crippen LogP contribution in [0.2, 0.25) is 10.0 Å². The predicted molar refractivity (Wildman–Crippen MR) is 61.5 cm³/mol. The summed E-state index contributed by atoms with van der Waals surface area (Å²) in [5.74, 6) is 0.736. The predicted octanol–water partition coefficient (Wildman–Crippen LogP) is 4.39. The topological polar surface area (TPSA) is 26.0 Å². The molecule has 0 saturated carbocycles. The first-order chi connectivity index (χ1) is 7.20. The maximum absolute atomic E-state index is 5.99. The number of nitrogens with zero attached hydrogens (tertiary/aromatic N) is 1. The molecule has 0 atom stereocenters. The Hall–Kier alpha value is -0.700. The maximum atomic E-state index is 5.99. The summed E-state index contributed by atoms with van der Waals surface area (Å²) in [6.45, 7) is 0. The zero-order chi connectivity index (χ0) is 10.8. The molecule has 0 radical (unpaired) electrons. The number of rotatable bonds is 2. The maximum Gasteiger partial charge on any atom is 0.227 e. The summed E-state index contributed by atoms with van der Waals surface area (Å²) in [4.78, 5) is 4.16. The molecule has 2 aromatic rings. The normalized spacial score (nSPS) is 10.6. The minimum atomic E-state index is 0.307. The molecule has 0 spiro atoms. The van der Waals surface area contributed by atoms with Gasteiger partial charge < -0.3 is 4.42 Å². The highest BCUT2D eigenvalue weighted by atomic mass is 35.5. The standard InChI is InChI=1S/C10H6Cl3NO/c11-4-7-5-15-10(14-7)8-3-6(12)1-2-9(8)13/h1-3,5H,4H2. The van der Waals surface area contributed by atoms with Gasteiger partial charge in [-0.05, 0) is 18.2 Å². The first kappa shape index (κ1) is 10.8. The Labute approximate surface area is 102 Å². The molecule has 1 aromatic carbocycles. The Kier molecular flexibility index (Phi) is 3.19. The lowest BCUT2D eigenvalue weighted by Gasteiger charge is -1.99. The van der Waals surface area contributed by atoms with E-state index in [0.717, 1.165) is 0 Å². The molecule has 0 amide bonds. The van der Waals surface area contributed by atoms with Gasteiger partial charge in [0.15, 0.2) is 0 Å². The highest BCUT2D eigenvalue weighted by Gasteiger charge is 2.10. The number of hydrogen-bond acceptors (Lipinski definition) is 2. The number of alkyl halides is 1. The minimum Gasteiger partial charge on any atom is -0.444 e. The molecule has 0 saturated heterocycles. The van der Waals surface area contributed by atoms with Gasteiger partial charge >= 0.3 is 0 Å². The summed E-state index contributed by atoms with van der Waals surface area (Å²) in [6.07, 6.45) is 1.50. The fraction of sp³-hybridized carbons (Fsp3) is 0.100. The van der Waals surface area contributed by atoms with Crippen LogP contribution in [-0.4, -0.2) is 4.98 Å². The molecule has 0 N–H and O–H groups in total. The molecule has 1 aromatic heterocycles. The van der Waals surface area contributed by atoms with E-state index in [1.165, 1.54) is 6.26 Å². The second-order valence-corrected chi connectivity index (χ2v) is 4.01. The third-order valence-corrected chi connectivity index (χ3v) is 2.69. The van der Waals surface area contributed by atoms with Crippen molar-refractivity contribution in [2.75, 3.05) is 0 Å². The van der Waals surface area contributed by atoms with Gasteiger partial charge in [-0.3, -0.25) is 0 Å². The molecule has 2 rings (SSSR count). The Morgan fingerprint density at radius 1 is 1.27 bits per heavy atom. The molecule has 15 heavy (non-hydrogen) atoms. The highest BCUT2D eigenvalue weighted by Crippen LogP contribution is 2.30. The van der Waals surface area contributed by atoms with Crippen LogP contribution in [0.4, 0.5) is 0 Å². The number of benzene rings is 1.